The highest BCUT2D eigenvalue weighted by molar-refractivity contribution is 6.03. The Bertz CT molecular complexity index is 3870. The molecular weight excluding hydrogens is 1230 g/mol. The smallest absolute Gasteiger partial charge is 0.274 e. The molecule has 6 amide bonds. The number of halogens is 6. The molecule has 6 aromatic rings. The molecule has 0 saturated carbocycles. The summed E-state index contributed by atoms with van der Waals surface area (Å²) >= 11 is 0. The van der Waals surface area contributed by atoms with Crippen molar-refractivity contribution in [3.05, 3.63) is 188 Å². The van der Waals surface area contributed by atoms with Gasteiger partial charge in [0, 0.05) is 95.3 Å². The summed E-state index contributed by atoms with van der Waals surface area (Å²) in [6, 6.07) is 7.19. The van der Waals surface area contributed by atoms with Crippen molar-refractivity contribution in [2.24, 2.45) is 0 Å². The molecule has 93 heavy (non-hydrogen) atoms. The van der Waals surface area contributed by atoms with Crippen LogP contribution in [0.15, 0.2) is 69.0 Å². The third kappa shape index (κ3) is 12.1. The quantitative estimate of drug-likeness (QED) is 0.0647. The van der Waals surface area contributed by atoms with E-state index >= 15 is 0 Å². The second-order valence-corrected chi connectivity index (χ2v) is 23.3. The second-order valence-electron chi connectivity index (χ2n) is 23.3. The number of carbonyl (C=O) groups is 6. The number of benzene rings is 3. The molecule has 24 nitrogen and oxygen atoms in total. The summed E-state index contributed by atoms with van der Waals surface area (Å²) in [5.41, 5.74) is -2.93. The molecule has 0 saturated heterocycles. The number of nitrogens with zero attached hydrogens (tertiary/aromatic N) is 6. The van der Waals surface area contributed by atoms with E-state index in [9.17, 15) is 84.8 Å². The number of nitrogens with one attached hydrogen (secondary N) is 6. The van der Waals surface area contributed by atoms with E-state index in [0.717, 1.165) is 18.2 Å². The number of likely N-dealkylation sites (N-methyl/N-ethyl adjacent to an activating group) is 3. The highest BCUT2D eigenvalue weighted by Gasteiger charge is 2.48. The molecule has 0 radical (unpaired) electrons. The van der Waals surface area contributed by atoms with Crippen LogP contribution in [0.1, 0.15) is 173 Å². The van der Waals surface area contributed by atoms with Gasteiger partial charge in [-0.2, -0.15) is 0 Å². The van der Waals surface area contributed by atoms with Crippen molar-refractivity contribution < 1.29 is 70.4 Å². The van der Waals surface area contributed by atoms with Crippen LogP contribution >= 0.6 is 0 Å². The summed E-state index contributed by atoms with van der Waals surface area (Å²) in [7, 11) is 4.77. The Kier molecular flexibility index (Phi) is 18.8. The van der Waals surface area contributed by atoms with E-state index < -0.39 is 104 Å². The van der Waals surface area contributed by atoms with E-state index in [4.69, 9.17) is 0 Å². The van der Waals surface area contributed by atoms with E-state index in [1.54, 1.807) is 34.8 Å². The molecule has 12 rings (SSSR count). The van der Waals surface area contributed by atoms with Crippen LogP contribution in [0, 0.1) is 34.9 Å². The van der Waals surface area contributed by atoms with Gasteiger partial charge >= 0.3 is 0 Å². The molecule has 6 aliphatic heterocycles. The van der Waals surface area contributed by atoms with Crippen molar-refractivity contribution in [3.63, 3.8) is 0 Å². The van der Waals surface area contributed by atoms with Crippen LogP contribution in [0.2, 0.25) is 0 Å². The van der Waals surface area contributed by atoms with Crippen molar-refractivity contribution in [2.45, 2.75) is 95.9 Å². The van der Waals surface area contributed by atoms with Gasteiger partial charge in [-0.3, -0.25) is 43.2 Å². The average Bonchev–Trinajstić information content (AvgIpc) is 1.66. The van der Waals surface area contributed by atoms with Gasteiger partial charge in [0.1, 0.15) is 51.6 Å². The minimum absolute atomic E-state index is 0.0476. The number of aromatic hydroxyl groups is 3. The fourth-order valence-electron chi connectivity index (χ4n) is 13.3. The number of rotatable bonds is 15. The molecule has 0 bridgehead atoms. The third-order valence-electron chi connectivity index (χ3n) is 17.4. The highest BCUT2D eigenvalue weighted by Crippen LogP contribution is 2.45. The van der Waals surface area contributed by atoms with Gasteiger partial charge < -0.3 is 75.6 Å². The predicted molar refractivity (Wildman–Crippen MR) is 321 cm³/mol. The van der Waals surface area contributed by atoms with Gasteiger partial charge in [-0.25, -0.2) is 26.3 Å². The minimum Gasteiger partial charge on any atom is -0.503 e. The maximum absolute atomic E-state index is 13.9. The Morgan fingerprint density at radius 2 is 0.677 bits per heavy atom. The number of amides is 6. The van der Waals surface area contributed by atoms with Gasteiger partial charge in [0.2, 0.25) is 16.3 Å². The van der Waals surface area contributed by atoms with Crippen molar-refractivity contribution in [2.75, 3.05) is 60.4 Å². The van der Waals surface area contributed by atoms with Gasteiger partial charge in [0.25, 0.3) is 35.4 Å². The monoisotopic (exact) mass is 1300 g/mol. The van der Waals surface area contributed by atoms with Crippen LogP contribution in [0.25, 0.3) is 0 Å². The van der Waals surface area contributed by atoms with E-state index in [0.29, 0.717) is 93.8 Å². The summed E-state index contributed by atoms with van der Waals surface area (Å²) in [6.45, 7) is 7.64. The lowest BCUT2D eigenvalue weighted by molar-refractivity contribution is 0.0707. The highest BCUT2D eigenvalue weighted by atomic mass is 19.2. The topological polar surface area (TPSA) is 311 Å². The molecule has 30 heteroatoms. The molecule has 9 heterocycles. The fourth-order valence-corrected chi connectivity index (χ4v) is 13.3. The first kappa shape index (κ1) is 66.1. The largest absolute Gasteiger partial charge is 0.503 e. The molecule has 9 N–H and O–H groups in total. The number of hydrogen-bond acceptors (Lipinski definition) is 15. The van der Waals surface area contributed by atoms with Crippen molar-refractivity contribution in [1.29, 1.82) is 0 Å². The van der Waals surface area contributed by atoms with Gasteiger partial charge in [0.05, 0.1) is 53.3 Å². The summed E-state index contributed by atoms with van der Waals surface area (Å²) in [4.78, 5) is 120. The molecule has 492 valence electrons. The first-order chi connectivity index (χ1) is 44.2. The SMILES string of the molecule is CCN[C@@H]1C[C@@H]2CN(C)C(=O)c3c(O)c(=O)c(C(=O)NCc4ccc(F)cc4F)c1n32.CCN[C@@H]1C[C@H]2CN(C)C(=O)c3c(O)c(=O)c(C(=O)NCc4ccc(F)cc4F)c1n32.CCN[C@H]1C[C@@H]2CN(C)C(=O)c3c(O)c(=O)c(C(=O)NCc4ccc(F)cc4F)c1n32. The minimum atomic E-state index is -0.953. The number of aromatic nitrogens is 3. The third-order valence-corrected chi connectivity index (χ3v) is 17.4. The summed E-state index contributed by atoms with van der Waals surface area (Å²) in [5.74, 6) is -10.9. The van der Waals surface area contributed by atoms with Crippen LogP contribution < -0.4 is 48.2 Å². The lowest BCUT2D eigenvalue weighted by Crippen LogP contribution is -2.42. The van der Waals surface area contributed by atoms with Crippen LogP contribution in [0.5, 0.6) is 17.2 Å². The zero-order valence-electron chi connectivity index (χ0n) is 51.1. The first-order valence-corrected chi connectivity index (χ1v) is 29.9. The number of carbonyl (C=O) groups excluding carboxylic acids is 6. The van der Waals surface area contributed by atoms with E-state index in [-0.39, 0.29) is 106 Å². The fraction of sp³-hybridized carbons (Fsp3) is 0.381. The molecule has 0 aliphatic carbocycles. The average molecular weight is 1300 g/mol. The number of hydrogen-bond donors (Lipinski definition) is 9. The van der Waals surface area contributed by atoms with E-state index in [1.165, 1.54) is 32.9 Å². The van der Waals surface area contributed by atoms with Gasteiger partial charge in [0.15, 0.2) is 34.3 Å². The second kappa shape index (κ2) is 26.4. The van der Waals surface area contributed by atoms with E-state index in [1.807, 2.05) is 20.8 Å². The standard InChI is InChI=1S/3C21H22F2N4O4/c3*1-3-24-14-7-12-9-26(2)21(31)17-19(29)18(28)15(16(14)27(12)17)20(30)25-8-10-4-5-11(22)6-13(10)23/h3*4-6,12,14,24,29H,3,7-9H2,1-2H3,(H,25,30)/t2*12-,14+;12-,14-/m101/s1. The van der Waals surface area contributed by atoms with E-state index in [2.05, 4.69) is 31.9 Å². The van der Waals surface area contributed by atoms with Crippen molar-refractivity contribution in [3.8, 4) is 17.2 Å². The van der Waals surface area contributed by atoms with Gasteiger partial charge in [-0.05, 0) is 57.1 Å². The maximum atomic E-state index is 13.9. The molecule has 6 aliphatic rings. The molecule has 0 unspecified atom stereocenters. The summed E-state index contributed by atoms with van der Waals surface area (Å²) in [6.07, 6.45) is 1.61. The number of pyridine rings is 3. The van der Waals surface area contributed by atoms with Gasteiger partial charge in [-0.1, -0.05) is 39.0 Å². The Labute approximate surface area is 525 Å². The Balaban J connectivity index is 0.000000153. The Morgan fingerprint density at radius 1 is 0.430 bits per heavy atom. The van der Waals surface area contributed by atoms with Gasteiger partial charge in [-0.15, -0.1) is 0 Å². The lowest BCUT2D eigenvalue weighted by atomic mass is 10.0. The van der Waals surface area contributed by atoms with Crippen LogP contribution in [-0.4, -0.2) is 140 Å². The first-order valence-electron chi connectivity index (χ1n) is 29.9. The predicted octanol–water partition coefficient (Wildman–Crippen LogP) is 4.33. The Morgan fingerprint density at radius 3 is 0.903 bits per heavy atom. The maximum Gasteiger partial charge on any atom is 0.274 e. The van der Waals surface area contributed by atoms with Crippen LogP contribution in [0.4, 0.5) is 26.3 Å². The summed E-state index contributed by atoms with van der Waals surface area (Å²) in [5, 5.41) is 48.7. The summed E-state index contributed by atoms with van der Waals surface area (Å²) < 4.78 is 85.8. The molecule has 3 aromatic carbocycles. The molecule has 0 fully saturated rings. The lowest BCUT2D eigenvalue weighted by Gasteiger charge is -2.32. The molecule has 6 atom stereocenters. The Hall–Kier alpha value is -9.81. The zero-order valence-corrected chi connectivity index (χ0v) is 51.1. The normalized spacial score (nSPS) is 19.5. The van der Waals surface area contributed by atoms with Crippen molar-refractivity contribution in [1.82, 2.24) is 60.3 Å². The van der Waals surface area contributed by atoms with Crippen LogP contribution in [-0.2, 0) is 19.6 Å². The molecule has 3 aromatic heterocycles. The van der Waals surface area contributed by atoms with Crippen molar-refractivity contribution >= 4 is 35.4 Å². The molecule has 0 spiro atoms. The van der Waals surface area contributed by atoms with Crippen LogP contribution in [0.3, 0.4) is 0 Å². The zero-order chi connectivity index (χ0) is 67.3. The molecular formula is C63H66F6N12O12.